The minimum atomic E-state index is -0.255. The number of thioether (sulfide) groups is 1. The highest BCUT2D eigenvalue weighted by Gasteiger charge is 2.34. The number of piperidine rings is 1. The lowest BCUT2D eigenvalue weighted by atomic mass is 9.96. The van der Waals surface area contributed by atoms with E-state index < -0.39 is 0 Å². The second-order valence-electron chi connectivity index (χ2n) is 9.81. The molecule has 0 unspecified atom stereocenters. The van der Waals surface area contributed by atoms with Gasteiger partial charge in [-0.25, -0.2) is 4.98 Å². The quantitative estimate of drug-likeness (QED) is 0.247. The Labute approximate surface area is 236 Å². The molecule has 1 aromatic carbocycles. The van der Waals surface area contributed by atoms with Gasteiger partial charge in [-0.1, -0.05) is 59.9 Å². The van der Waals surface area contributed by atoms with Crippen LogP contribution in [0.15, 0.2) is 52.3 Å². The molecule has 0 aliphatic carbocycles. The van der Waals surface area contributed by atoms with Gasteiger partial charge in [0.2, 0.25) is 0 Å². The van der Waals surface area contributed by atoms with Crippen molar-refractivity contribution < 1.29 is 14.3 Å². The van der Waals surface area contributed by atoms with Crippen molar-refractivity contribution in [2.75, 3.05) is 24.6 Å². The molecule has 2 aliphatic heterocycles. The lowest BCUT2D eigenvalue weighted by molar-refractivity contribution is -0.148. The number of rotatable bonds is 6. The van der Waals surface area contributed by atoms with Crippen molar-refractivity contribution in [3.05, 3.63) is 80.1 Å². The summed E-state index contributed by atoms with van der Waals surface area (Å²) in [5.41, 5.74) is 3.63. The van der Waals surface area contributed by atoms with Crippen LogP contribution < -0.4 is 10.5 Å². The summed E-state index contributed by atoms with van der Waals surface area (Å²) in [6.45, 7) is 7.55. The van der Waals surface area contributed by atoms with Crippen LogP contribution in [0, 0.1) is 19.8 Å². The molecule has 10 heteroatoms. The number of aromatic nitrogens is 2. The van der Waals surface area contributed by atoms with Crippen molar-refractivity contribution in [2.45, 2.75) is 40.2 Å². The summed E-state index contributed by atoms with van der Waals surface area (Å²) in [7, 11) is 0. The number of benzene rings is 1. The van der Waals surface area contributed by atoms with Gasteiger partial charge < -0.3 is 9.64 Å². The maximum Gasteiger partial charge on any atom is 0.309 e. The molecule has 1 amide bonds. The number of anilines is 1. The molecule has 0 spiro atoms. The lowest BCUT2D eigenvalue weighted by Crippen LogP contribution is -2.39. The molecule has 0 saturated carbocycles. The second kappa shape index (κ2) is 11.3. The van der Waals surface area contributed by atoms with E-state index in [0.29, 0.717) is 65.3 Å². The van der Waals surface area contributed by atoms with E-state index in [2.05, 4.69) is 0 Å². The van der Waals surface area contributed by atoms with Crippen LogP contribution in [-0.2, 0) is 20.9 Å². The van der Waals surface area contributed by atoms with Gasteiger partial charge in [-0.15, -0.1) is 0 Å². The smallest absolute Gasteiger partial charge is 0.309 e. The number of carbonyl (C=O) groups is 2. The van der Waals surface area contributed by atoms with Gasteiger partial charge in [0.15, 0.2) is 0 Å². The summed E-state index contributed by atoms with van der Waals surface area (Å²) in [4.78, 5) is 48.4. The lowest BCUT2D eigenvalue weighted by Gasteiger charge is -2.32. The van der Waals surface area contributed by atoms with Crippen LogP contribution in [0.3, 0.4) is 0 Å². The van der Waals surface area contributed by atoms with Gasteiger partial charge in [-0.05, 0) is 56.9 Å². The normalized spacial score (nSPS) is 17.5. The van der Waals surface area contributed by atoms with Gasteiger partial charge in [0.05, 0.1) is 29.5 Å². The fraction of sp³-hybridized carbons (Fsp3) is 0.345. The van der Waals surface area contributed by atoms with Crippen LogP contribution in [0.2, 0.25) is 0 Å². The number of carbonyl (C=O) groups excluding carboxylic acids is 2. The molecule has 4 heterocycles. The zero-order chi connectivity index (χ0) is 27.7. The van der Waals surface area contributed by atoms with Crippen molar-refractivity contribution in [3.8, 4) is 0 Å². The molecule has 0 bridgehead atoms. The number of ether oxygens (including phenoxy) is 1. The highest BCUT2D eigenvalue weighted by atomic mass is 32.2. The molecule has 2 fully saturated rings. The summed E-state index contributed by atoms with van der Waals surface area (Å²) < 4.78 is 7.18. The molecule has 39 heavy (non-hydrogen) atoms. The molecule has 0 atom stereocenters. The predicted octanol–water partition coefficient (Wildman–Crippen LogP) is 4.49. The van der Waals surface area contributed by atoms with E-state index >= 15 is 0 Å². The predicted molar refractivity (Wildman–Crippen MR) is 158 cm³/mol. The van der Waals surface area contributed by atoms with Gasteiger partial charge in [0.25, 0.3) is 11.5 Å². The van der Waals surface area contributed by atoms with E-state index in [0.717, 1.165) is 16.7 Å². The van der Waals surface area contributed by atoms with Gasteiger partial charge in [0, 0.05) is 19.3 Å². The molecule has 202 valence electrons. The van der Waals surface area contributed by atoms with Crippen molar-refractivity contribution in [2.24, 2.45) is 5.92 Å². The van der Waals surface area contributed by atoms with E-state index in [4.69, 9.17) is 21.9 Å². The van der Waals surface area contributed by atoms with Gasteiger partial charge in [-0.2, -0.15) is 0 Å². The first-order valence-corrected chi connectivity index (χ1v) is 14.2. The number of hydrogen-bond donors (Lipinski definition) is 0. The standard InChI is InChI=1S/C29H30N4O4S2/c1-4-37-28(36)21-11-14-31(15-12-21)25-22(26(34)32-13-5-6-19(3)24(32)30-25)16-23-27(35)33(29(38)39-23)17-20-9-7-18(2)8-10-20/h5-10,13,16,21H,4,11-12,14-15,17H2,1-3H3/b23-16-. The van der Waals surface area contributed by atoms with Crippen molar-refractivity contribution in [1.82, 2.24) is 14.3 Å². The largest absolute Gasteiger partial charge is 0.466 e. The average Bonchev–Trinajstić information content (AvgIpc) is 3.19. The summed E-state index contributed by atoms with van der Waals surface area (Å²) in [5.74, 6) is -0.0744. The fourth-order valence-corrected chi connectivity index (χ4v) is 6.14. The van der Waals surface area contributed by atoms with E-state index in [-0.39, 0.29) is 23.4 Å². The second-order valence-corrected chi connectivity index (χ2v) is 11.5. The van der Waals surface area contributed by atoms with Crippen LogP contribution in [0.5, 0.6) is 0 Å². The minimum absolute atomic E-state index is 0.175. The number of aryl methyl sites for hydroxylation is 2. The van der Waals surface area contributed by atoms with Crippen LogP contribution in [0.1, 0.15) is 42.0 Å². The third kappa shape index (κ3) is 5.49. The van der Waals surface area contributed by atoms with Crippen molar-refractivity contribution in [3.63, 3.8) is 0 Å². The highest BCUT2D eigenvalue weighted by molar-refractivity contribution is 8.26. The fourth-order valence-electron chi connectivity index (χ4n) is 4.90. The topological polar surface area (TPSA) is 84.2 Å². The van der Waals surface area contributed by atoms with E-state index in [9.17, 15) is 14.4 Å². The SMILES string of the molecule is CCOC(=O)C1CCN(c2nc3c(C)cccn3c(=O)c2/C=C2\SC(=S)N(Cc3ccc(C)cc3)C2=O)CC1. The monoisotopic (exact) mass is 562 g/mol. The minimum Gasteiger partial charge on any atom is -0.466 e. The van der Waals surface area contributed by atoms with Gasteiger partial charge >= 0.3 is 5.97 Å². The Morgan fingerprint density at radius 2 is 1.87 bits per heavy atom. The van der Waals surface area contributed by atoms with Gasteiger partial charge in [0.1, 0.15) is 15.8 Å². The third-order valence-electron chi connectivity index (χ3n) is 7.09. The number of thiocarbonyl (C=S) groups is 1. The molecule has 0 radical (unpaired) electrons. The molecule has 8 nitrogen and oxygen atoms in total. The zero-order valence-electron chi connectivity index (χ0n) is 22.2. The number of esters is 1. The Hall–Kier alpha value is -3.50. The van der Waals surface area contributed by atoms with E-state index in [1.807, 2.05) is 49.1 Å². The third-order valence-corrected chi connectivity index (χ3v) is 8.47. The van der Waals surface area contributed by atoms with Crippen LogP contribution in [0.4, 0.5) is 5.82 Å². The molecule has 2 aliphatic rings. The Morgan fingerprint density at radius 1 is 1.15 bits per heavy atom. The summed E-state index contributed by atoms with van der Waals surface area (Å²) in [6, 6.07) is 11.7. The van der Waals surface area contributed by atoms with Crippen molar-refractivity contribution >= 4 is 57.7 Å². The maximum atomic E-state index is 13.8. The summed E-state index contributed by atoms with van der Waals surface area (Å²) in [6.07, 6.45) is 4.53. The van der Waals surface area contributed by atoms with Crippen molar-refractivity contribution in [1.29, 1.82) is 0 Å². The van der Waals surface area contributed by atoms with Crippen LogP contribution in [0.25, 0.3) is 11.7 Å². The Morgan fingerprint density at radius 3 is 2.56 bits per heavy atom. The maximum absolute atomic E-state index is 13.8. The van der Waals surface area contributed by atoms with Crippen LogP contribution in [-0.4, -0.2) is 50.2 Å². The first-order chi connectivity index (χ1) is 18.8. The van der Waals surface area contributed by atoms with E-state index in [1.165, 1.54) is 16.2 Å². The Bertz CT molecular complexity index is 1540. The highest BCUT2D eigenvalue weighted by Crippen LogP contribution is 2.35. The first kappa shape index (κ1) is 27.1. The summed E-state index contributed by atoms with van der Waals surface area (Å²) in [5, 5.41) is 0. The molecule has 5 rings (SSSR count). The van der Waals surface area contributed by atoms with E-state index in [1.54, 1.807) is 30.2 Å². The molecule has 2 saturated heterocycles. The summed E-state index contributed by atoms with van der Waals surface area (Å²) >= 11 is 6.75. The Balaban J connectivity index is 1.50. The molecule has 0 N–H and O–H groups in total. The van der Waals surface area contributed by atoms with Crippen LogP contribution >= 0.6 is 24.0 Å². The number of hydrogen-bond acceptors (Lipinski definition) is 8. The number of amides is 1. The molecule has 2 aromatic heterocycles. The average molecular weight is 563 g/mol. The number of pyridine rings is 1. The zero-order valence-corrected chi connectivity index (χ0v) is 23.8. The number of fused-ring (bicyclic) bond motifs is 1. The molecular weight excluding hydrogens is 532 g/mol. The molecule has 3 aromatic rings. The number of nitrogens with zero attached hydrogens (tertiary/aromatic N) is 4. The Kier molecular flexibility index (Phi) is 7.86. The molecular formula is C29H30N4O4S2. The first-order valence-electron chi connectivity index (χ1n) is 13.0. The van der Waals surface area contributed by atoms with Gasteiger partial charge in [-0.3, -0.25) is 23.7 Å².